The Balaban J connectivity index is 2.57. The van der Waals surface area contributed by atoms with Crippen molar-refractivity contribution in [3.8, 4) is 0 Å². The predicted molar refractivity (Wildman–Crippen MR) is 66.8 cm³/mol. The first-order chi connectivity index (χ1) is 8.00. The highest BCUT2D eigenvalue weighted by Crippen LogP contribution is 2.33. The van der Waals surface area contributed by atoms with Gasteiger partial charge in [0.1, 0.15) is 0 Å². The smallest absolute Gasteiger partial charge is 0.310 e. The fourth-order valence-electron chi connectivity index (χ4n) is 2.66. The van der Waals surface area contributed by atoms with E-state index in [9.17, 15) is 9.90 Å². The summed E-state index contributed by atoms with van der Waals surface area (Å²) >= 11 is 0. The van der Waals surface area contributed by atoms with Crippen molar-refractivity contribution >= 4 is 5.97 Å². The molecule has 1 aliphatic heterocycles. The molecule has 0 radical (unpaired) electrons. The van der Waals surface area contributed by atoms with Gasteiger partial charge in [0.05, 0.1) is 11.5 Å². The van der Waals surface area contributed by atoms with Crippen molar-refractivity contribution in [2.45, 2.75) is 52.1 Å². The standard InChI is InChI=1S/C13H25NO3/c1-10(2)8-13(9-14,12(15)16)6-5-11-4-3-7-17-11/h10-11H,3-9,14H2,1-2H3,(H,15,16). The number of carbonyl (C=O) groups is 1. The fourth-order valence-corrected chi connectivity index (χ4v) is 2.66. The fraction of sp³-hybridized carbons (Fsp3) is 0.923. The van der Waals surface area contributed by atoms with Crippen LogP contribution in [0.4, 0.5) is 0 Å². The number of carboxylic acids is 1. The summed E-state index contributed by atoms with van der Waals surface area (Å²) in [6, 6.07) is 0. The summed E-state index contributed by atoms with van der Waals surface area (Å²) in [5.41, 5.74) is 4.96. The summed E-state index contributed by atoms with van der Waals surface area (Å²) in [6.07, 6.45) is 4.48. The van der Waals surface area contributed by atoms with E-state index in [2.05, 4.69) is 0 Å². The van der Waals surface area contributed by atoms with E-state index in [4.69, 9.17) is 10.5 Å². The maximum absolute atomic E-state index is 11.5. The Labute approximate surface area is 104 Å². The molecule has 0 aromatic heterocycles. The molecule has 4 nitrogen and oxygen atoms in total. The van der Waals surface area contributed by atoms with Crippen LogP contribution in [-0.4, -0.2) is 30.3 Å². The molecular formula is C13H25NO3. The van der Waals surface area contributed by atoms with Crippen LogP contribution in [0.15, 0.2) is 0 Å². The molecule has 0 bridgehead atoms. The molecule has 100 valence electrons. The van der Waals surface area contributed by atoms with Gasteiger partial charge in [-0.1, -0.05) is 13.8 Å². The summed E-state index contributed by atoms with van der Waals surface area (Å²) < 4.78 is 5.54. The Bertz CT molecular complexity index is 249. The Kier molecular flexibility index (Phi) is 5.40. The number of hydrogen-bond acceptors (Lipinski definition) is 3. The van der Waals surface area contributed by atoms with Crippen LogP contribution in [0.5, 0.6) is 0 Å². The first kappa shape index (κ1) is 14.5. The second kappa shape index (κ2) is 6.36. The lowest BCUT2D eigenvalue weighted by molar-refractivity contribution is -0.150. The molecule has 4 heteroatoms. The van der Waals surface area contributed by atoms with Crippen molar-refractivity contribution in [1.82, 2.24) is 0 Å². The van der Waals surface area contributed by atoms with Crippen molar-refractivity contribution in [1.29, 1.82) is 0 Å². The van der Waals surface area contributed by atoms with E-state index in [0.717, 1.165) is 25.9 Å². The van der Waals surface area contributed by atoms with Crippen LogP contribution >= 0.6 is 0 Å². The van der Waals surface area contributed by atoms with Gasteiger partial charge in [0.2, 0.25) is 0 Å². The lowest BCUT2D eigenvalue weighted by Gasteiger charge is -2.30. The first-order valence-corrected chi connectivity index (χ1v) is 6.55. The summed E-state index contributed by atoms with van der Waals surface area (Å²) in [4.78, 5) is 11.5. The van der Waals surface area contributed by atoms with Gasteiger partial charge in [0.15, 0.2) is 0 Å². The number of hydrogen-bond donors (Lipinski definition) is 2. The summed E-state index contributed by atoms with van der Waals surface area (Å²) in [5, 5.41) is 9.43. The Hall–Kier alpha value is -0.610. The average Bonchev–Trinajstić information content (AvgIpc) is 2.76. The van der Waals surface area contributed by atoms with Crippen LogP contribution < -0.4 is 5.73 Å². The number of nitrogens with two attached hydrogens (primary N) is 1. The molecule has 1 saturated heterocycles. The second-order valence-electron chi connectivity index (χ2n) is 5.56. The van der Waals surface area contributed by atoms with Crippen molar-refractivity contribution in [2.75, 3.05) is 13.2 Å². The van der Waals surface area contributed by atoms with Crippen LogP contribution in [0.1, 0.15) is 46.0 Å². The maximum Gasteiger partial charge on any atom is 0.310 e. The van der Waals surface area contributed by atoms with Gasteiger partial charge in [-0.15, -0.1) is 0 Å². The van der Waals surface area contributed by atoms with Crippen molar-refractivity contribution in [3.63, 3.8) is 0 Å². The van der Waals surface area contributed by atoms with Crippen LogP contribution in [-0.2, 0) is 9.53 Å². The average molecular weight is 243 g/mol. The Morgan fingerprint density at radius 3 is 2.71 bits per heavy atom. The van der Waals surface area contributed by atoms with Crippen LogP contribution in [0.2, 0.25) is 0 Å². The van der Waals surface area contributed by atoms with Gasteiger partial charge in [-0.3, -0.25) is 4.79 Å². The lowest BCUT2D eigenvalue weighted by atomic mass is 9.76. The molecule has 0 aliphatic carbocycles. The van der Waals surface area contributed by atoms with E-state index in [1.54, 1.807) is 0 Å². The normalized spacial score (nSPS) is 23.9. The number of rotatable bonds is 7. The minimum absolute atomic E-state index is 0.216. The van der Waals surface area contributed by atoms with Gasteiger partial charge in [0.25, 0.3) is 0 Å². The summed E-state index contributed by atoms with van der Waals surface area (Å²) in [5.74, 6) is -0.411. The maximum atomic E-state index is 11.5. The first-order valence-electron chi connectivity index (χ1n) is 6.55. The Morgan fingerprint density at radius 2 is 2.29 bits per heavy atom. The summed E-state index contributed by atoms with van der Waals surface area (Å²) in [6.45, 7) is 5.11. The molecule has 2 atom stereocenters. The van der Waals surface area contributed by atoms with Crippen LogP contribution in [0, 0.1) is 11.3 Å². The largest absolute Gasteiger partial charge is 0.481 e. The van der Waals surface area contributed by atoms with E-state index in [1.807, 2.05) is 13.8 Å². The molecule has 0 saturated carbocycles. The number of carboxylic acid groups (broad SMARTS) is 1. The van der Waals surface area contributed by atoms with Gasteiger partial charge in [-0.2, -0.15) is 0 Å². The van der Waals surface area contributed by atoms with Crippen molar-refractivity contribution < 1.29 is 14.6 Å². The SMILES string of the molecule is CC(C)CC(CN)(CCC1CCCO1)C(=O)O. The van der Waals surface area contributed by atoms with Gasteiger partial charge in [-0.05, 0) is 38.0 Å². The monoisotopic (exact) mass is 243 g/mol. The van der Waals surface area contributed by atoms with Gasteiger partial charge in [0, 0.05) is 13.2 Å². The molecule has 17 heavy (non-hydrogen) atoms. The quantitative estimate of drug-likeness (QED) is 0.717. The number of aliphatic carboxylic acids is 1. The van der Waals surface area contributed by atoms with Crippen molar-refractivity contribution in [2.24, 2.45) is 17.1 Å². The van der Waals surface area contributed by atoms with E-state index in [1.165, 1.54) is 0 Å². The third kappa shape index (κ3) is 3.96. The third-order valence-corrected chi connectivity index (χ3v) is 3.61. The lowest BCUT2D eigenvalue weighted by Crippen LogP contribution is -2.40. The van der Waals surface area contributed by atoms with E-state index < -0.39 is 11.4 Å². The van der Waals surface area contributed by atoms with Gasteiger partial charge >= 0.3 is 5.97 Å². The van der Waals surface area contributed by atoms with E-state index >= 15 is 0 Å². The van der Waals surface area contributed by atoms with E-state index in [-0.39, 0.29) is 12.6 Å². The highest BCUT2D eigenvalue weighted by Gasteiger charge is 2.38. The van der Waals surface area contributed by atoms with E-state index in [0.29, 0.717) is 18.8 Å². The molecule has 0 amide bonds. The van der Waals surface area contributed by atoms with Crippen LogP contribution in [0.25, 0.3) is 0 Å². The highest BCUT2D eigenvalue weighted by molar-refractivity contribution is 5.74. The Morgan fingerprint density at radius 1 is 1.59 bits per heavy atom. The highest BCUT2D eigenvalue weighted by atomic mass is 16.5. The summed E-state index contributed by atoms with van der Waals surface area (Å²) in [7, 11) is 0. The molecule has 1 heterocycles. The zero-order chi connectivity index (χ0) is 12.9. The molecule has 2 unspecified atom stereocenters. The third-order valence-electron chi connectivity index (χ3n) is 3.61. The van der Waals surface area contributed by atoms with Gasteiger partial charge in [-0.25, -0.2) is 0 Å². The van der Waals surface area contributed by atoms with Crippen LogP contribution in [0.3, 0.4) is 0 Å². The minimum Gasteiger partial charge on any atom is -0.481 e. The number of ether oxygens (including phenoxy) is 1. The zero-order valence-electron chi connectivity index (χ0n) is 10.9. The van der Waals surface area contributed by atoms with Gasteiger partial charge < -0.3 is 15.6 Å². The molecular weight excluding hydrogens is 218 g/mol. The molecule has 1 aliphatic rings. The second-order valence-corrected chi connectivity index (χ2v) is 5.56. The topological polar surface area (TPSA) is 72.5 Å². The zero-order valence-corrected chi connectivity index (χ0v) is 10.9. The molecule has 0 spiro atoms. The molecule has 3 N–H and O–H groups in total. The molecule has 1 fully saturated rings. The molecule has 0 aromatic rings. The van der Waals surface area contributed by atoms with Crippen molar-refractivity contribution in [3.05, 3.63) is 0 Å². The molecule has 1 rings (SSSR count). The predicted octanol–water partition coefficient (Wildman–Crippen LogP) is 2.02. The minimum atomic E-state index is -0.764. The molecule has 0 aromatic carbocycles.